The number of esters is 1. The van der Waals surface area contributed by atoms with Gasteiger partial charge in [0, 0.05) is 23.9 Å². The number of carbonyl (C=O) groups excluding carboxylic acids is 1. The Labute approximate surface area is 84.7 Å². The first-order chi connectivity index (χ1) is 7.13. The molecule has 1 heterocycles. The van der Waals surface area contributed by atoms with Crippen molar-refractivity contribution in [1.82, 2.24) is 4.98 Å². The molecule has 2 rings (SSSR count). The fraction of sp³-hybridized carbons (Fsp3) is 0.300. The first kappa shape index (κ1) is 9.89. The molecule has 80 valence electrons. The summed E-state index contributed by atoms with van der Waals surface area (Å²) in [7, 11) is 1.24. The zero-order valence-electron chi connectivity index (χ0n) is 8.01. The summed E-state index contributed by atoms with van der Waals surface area (Å²) in [4.78, 5) is 14.0. The van der Waals surface area contributed by atoms with Crippen LogP contribution in [0.3, 0.4) is 0 Å². The third-order valence-corrected chi connectivity index (χ3v) is 2.38. The summed E-state index contributed by atoms with van der Waals surface area (Å²) >= 11 is 0. The van der Waals surface area contributed by atoms with Crippen molar-refractivity contribution in [3.63, 3.8) is 0 Å². The molecule has 1 aromatic heterocycles. The van der Waals surface area contributed by atoms with Crippen LogP contribution >= 0.6 is 0 Å². The number of hydrogen-bond acceptors (Lipinski definition) is 2. The van der Waals surface area contributed by atoms with Crippen LogP contribution in [0.4, 0.5) is 8.78 Å². The van der Waals surface area contributed by atoms with E-state index in [9.17, 15) is 13.6 Å². The lowest BCUT2D eigenvalue weighted by atomic mass is 10.00. The van der Waals surface area contributed by atoms with E-state index in [2.05, 4.69) is 9.72 Å². The van der Waals surface area contributed by atoms with Gasteiger partial charge in [-0.2, -0.15) is 0 Å². The maximum atomic E-state index is 13.0. The molecule has 0 saturated heterocycles. The molecule has 1 N–H and O–H groups in total. The van der Waals surface area contributed by atoms with Gasteiger partial charge in [0.2, 0.25) is 0 Å². The molecule has 15 heavy (non-hydrogen) atoms. The summed E-state index contributed by atoms with van der Waals surface area (Å²) in [5.41, 5.74) is 1.13. The minimum Gasteiger partial charge on any atom is -0.465 e. The molecule has 1 aromatic rings. The topological polar surface area (TPSA) is 42.1 Å². The first-order valence-corrected chi connectivity index (χ1v) is 4.43. The number of fused-ring (bicyclic) bond motifs is 1. The molecule has 0 fully saturated rings. The first-order valence-electron chi connectivity index (χ1n) is 4.43. The van der Waals surface area contributed by atoms with E-state index in [1.54, 1.807) is 0 Å². The zero-order valence-corrected chi connectivity index (χ0v) is 8.01. The fourth-order valence-corrected chi connectivity index (χ4v) is 1.59. The fourth-order valence-electron chi connectivity index (χ4n) is 1.59. The van der Waals surface area contributed by atoms with Gasteiger partial charge in [-0.1, -0.05) is 0 Å². The number of methoxy groups -OCH3 is 1. The molecule has 1 aliphatic carbocycles. The van der Waals surface area contributed by atoms with Gasteiger partial charge in [0.1, 0.15) is 5.83 Å². The van der Waals surface area contributed by atoms with Crippen LogP contribution in [-0.4, -0.2) is 24.2 Å². The Kier molecular flexibility index (Phi) is 2.30. The van der Waals surface area contributed by atoms with Crippen LogP contribution in [0.15, 0.2) is 12.0 Å². The van der Waals surface area contributed by atoms with E-state index in [0.29, 0.717) is 11.3 Å². The Morgan fingerprint density at radius 2 is 2.40 bits per heavy atom. The molecule has 1 unspecified atom stereocenters. The molecule has 0 bridgehead atoms. The number of rotatable bonds is 1. The van der Waals surface area contributed by atoms with E-state index in [4.69, 9.17) is 0 Å². The third kappa shape index (κ3) is 1.54. The lowest BCUT2D eigenvalue weighted by molar-refractivity contribution is 0.0600. The molecule has 0 aliphatic heterocycles. The monoisotopic (exact) mass is 213 g/mol. The van der Waals surface area contributed by atoms with Crippen LogP contribution in [0, 0.1) is 0 Å². The maximum Gasteiger partial charge on any atom is 0.340 e. The number of alkyl halides is 1. The predicted molar refractivity (Wildman–Crippen MR) is 49.8 cm³/mol. The second kappa shape index (κ2) is 3.49. The number of halogens is 2. The van der Waals surface area contributed by atoms with Crippen LogP contribution in [0.5, 0.6) is 0 Å². The molecule has 1 atom stereocenters. The number of H-pyrrole nitrogens is 1. The lowest BCUT2D eigenvalue weighted by Gasteiger charge is -2.12. The van der Waals surface area contributed by atoms with Gasteiger partial charge in [0.25, 0.3) is 0 Å². The maximum absolute atomic E-state index is 13.0. The lowest BCUT2D eigenvalue weighted by Crippen LogP contribution is -2.12. The molecule has 0 amide bonds. The molecule has 0 aromatic carbocycles. The molecule has 0 saturated carbocycles. The van der Waals surface area contributed by atoms with Gasteiger partial charge >= 0.3 is 5.97 Å². The Morgan fingerprint density at radius 3 is 3.07 bits per heavy atom. The summed E-state index contributed by atoms with van der Waals surface area (Å²) < 4.78 is 30.5. The number of aromatic amines is 1. The molecule has 3 nitrogen and oxygen atoms in total. The highest BCUT2D eigenvalue weighted by atomic mass is 19.2. The van der Waals surface area contributed by atoms with Crippen molar-refractivity contribution in [1.29, 1.82) is 0 Å². The van der Waals surface area contributed by atoms with E-state index >= 15 is 0 Å². The van der Waals surface area contributed by atoms with Gasteiger partial charge in [-0.25, -0.2) is 13.6 Å². The van der Waals surface area contributed by atoms with Gasteiger partial charge in [0.05, 0.1) is 12.7 Å². The molecular formula is C10H9F2NO2. The van der Waals surface area contributed by atoms with E-state index in [-0.39, 0.29) is 12.0 Å². The third-order valence-electron chi connectivity index (χ3n) is 2.38. The average Bonchev–Trinajstić information content (AvgIpc) is 2.61. The minimum absolute atomic E-state index is 0.0747. The van der Waals surface area contributed by atoms with Crippen molar-refractivity contribution in [2.45, 2.75) is 12.6 Å². The largest absolute Gasteiger partial charge is 0.465 e. The number of nitrogens with one attached hydrogen (secondary N) is 1. The smallest absolute Gasteiger partial charge is 0.340 e. The van der Waals surface area contributed by atoms with Gasteiger partial charge in [0.15, 0.2) is 6.17 Å². The van der Waals surface area contributed by atoms with E-state index < -0.39 is 18.0 Å². The molecule has 1 aliphatic rings. The van der Waals surface area contributed by atoms with Crippen LogP contribution in [-0.2, 0) is 11.2 Å². The number of allylic oxidation sites excluding steroid dienone is 1. The van der Waals surface area contributed by atoms with Gasteiger partial charge in [-0.3, -0.25) is 0 Å². The van der Waals surface area contributed by atoms with Crippen molar-refractivity contribution in [2.75, 3.05) is 7.11 Å². The average molecular weight is 213 g/mol. The summed E-state index contributed by atoms with van der Waals surface area (Å²) in [6.07, 6.45) is 0.737. The number of ether oxygens (including phenoxy) is 1. The second-order valence-corrected chi connectivity index (χ2v) is 3.29. The van der Waals surface area contributed by atoms with Gasteiger partial charge < -0.3 is 9.72 Å². The van der Waals surface area contributed by atoms with Crippen molar-refractivity contribution in [2.24, 2.45) is 0 Å². The predicted octanol–water partition coefficient (Wildman–Crippen LogP) is 2.01. The number of aromatic nitrogens is 1. The molecule has 5 heteroatoms. The summed E-state index contributed by atoms with van der Waals surface area (Å²) in [5.74, 6) is -1.42. The molecular weight excluding hydrogens is 204 g/mol. The van der Waals surface area contributed by atoms with Crippen molar-refractivity contribution < 1.29 is 18.3 Å². The summed E-state index contributed by atoms with van der Waals surface area (Å²) in [6.45, 7) is 0. The minimum atomic E-state index is -1.62. The normalized spacial score (nSPS) is 19.4. The Balaban J connectivity index is 2.47. The second-order valence-electron chi connectivity index (χ2n) is 3.29. The highest BCUT2D eigenvalue weighted by molar-refractivity contribution is 5.94. The van der Waals surface area contributed by atoms with E-state index in [0.717, 1.165) is 6.08 Å². The van der Waals surface area contributed by atoms with Crippen molar-refractivity contribution >= 4 is 12.0 Å². The van der Waals surface area contributed by atoms with Crippen LogP contribution in [0.2, 0.25) is 0 Å². The number of hydrogen-bond donors (Lipinski definition) is 1. The highest BCUT2D eigenvalue weighted by Crippen LogP contribution is 2.29. The SMILES string of the molecule is COC(=O)c1c[nH]c2c1C=C(F)C(F)C2. The number of carbonyl (C=O) groups is 1. The molecule has 0 spiro atoms. The molecule has 0 radical (unpaired) electrons. The zero-order chi connectivity index (χ0) is 11.0. The summed E-state index contributed by atoms with van der Waals surface area (Å²) in [6, 6.07) is 0. The van der Waals surface area contributed by atoms with Crippen LogP contribution in [0.25, 0.3) is 6.08 Å². The van der Waals surface area contributed by atoms with Gasteiger partial charge in [-0.15, -0.1) is 0 Å². The Hall–Kier alpha value is -1.65. The van der Waals surface area contributed by atoms with E-state index in [1.165, 1.54) is 13.3 Å². The standard InChI is InChI=1S/C10H9F2NO2/c1-15-10(14)6-4-13-9-3-8(12)7(11)2-5(6)9/h2,4,8,13H,3H2,1H3. The van der Waals surface area contributed by atoms with Crippen LogP contribution < -0.4 is 0 Å². The highest BCUT2D eigenvalue weighted by Gasteiger charge is 2.26. The Morgan fingerprint density at radius 1 is 1.67 bits per heavy atom. The summed E-state index contributed by atoms with van der Waals surface area (Å²) in [5, 5.41) is 0. The van der Waals surface area contributed by atoms with Crippen molar-refractivity contribution in [3.05, 3.63) is 28.8 Å². The quantitative estimate of drug-likeness (QED) is 0.725. The Bertz CT molecular complexity index is 437. The van der Waals surface area contributed by atoms with Crippen LogP contribution in [0.1, 0.15) is 21.6 Å². The van der Waals surface area contributed by atoms with Gasteiger partial charge in [-0.05, 0) is 6.08 Å². The van der Waals surface area contributed by atoms with E-state index in [1.807, 2.05) is 0 Å². The van der Waals surface area contributed by atoms with Crippen molar-refractivity contribution in [3.8, 4) is 0 Å².